The molecular weight excluding hydrogens is 432 g/mol. The van der Waals surface area contributed by atoms with Crippen molar-refractivity contribution in [2.24, 2.45) is 11.8 Å². The molecule has 1 saturated heterocycles. The summed E-state index contributed by atoms with van der Waals surface area (Å²) in [6, 6.07) is 0. The number of carboxylic acid groups (broad SMARTS) is 1. The second kappa shape index (κ2) is 8.23. The first-order valence-corrected chi connectivity index (χ1v) is 9.98. The normalized spacial score (nSPS) is 43.9. The van der Waals surface area contributed by atoms with Crippen molar-refractivity contribution in [2.75, 3.05) is 6.61 Å². The molecule has 0 amide bonds. The van der Waals surface area contributed by atoms with Crippen LogP contribution < -0.4 is 0 Å². The number of carbonyl (C=O) groups is 2. The highest BCUT2D eigenvalue weighted by Gasteiger charge is 2.59. The molecule has 3 aliphatic heterocycles. The maximum atomic E-state index is 12.3. The zero-order chi connectivity index (χ0) is 23.4. The summed E-state index contributed by atoms with van der Waals surface area (Å²) in [7, 11) is 0. The number of carboxylic acids is 1. The molecule has 1 spiro atoms. The van der Waals surface area contributed by atoms with E-state index in [1.165, 1.54) is 25.2 Å². The molecule has 176 valence electrons. The van der Waals surface area contributed by atoms with Gasteiger partial charge >= 0.3 is 11.9 Å². The van der Waals surface area contributed by atoms with E-state index >= 15 is 0 Å². The van der Waals surface area contributed by atoms with Crippen molar-refractivity contribution in [3.05, 3.63) is 35.6 Å². The molecule has 0 aromatic rings. The molecular formula is C20H24O12. The number of rotatable bonds is 5. The van der Waals surface area contributed by atoms with Crippen molar-refractivity contribution in [2.45, 2.75) is 55.6 Å². The number of fused-ring (bicyclic) bond motifs is 2. The van der Waals surface area contributed by atoms with E-state index in [0.717, 1.165) is 6.26 Å². The van der Waals surface area contributed by atoms with Gasteiger partial charge in [-0.2, -0.15) is 0 Å². The molecule has 10 atom stereocenters. The maximum Gasteiger partial charge on any atom is 0.337 e. The van der Waals surface area contributed by atoms with Crippen molar-refractivity contribution in [1.82, 2.24) is 0 Å². The standard InChI is InChI=1S/C20H24O12/c1-7(22)9-4-20(32-17(9)28)3-2-8-10(16(26)27)6-29-18(12(8)20)31-19-15(25)14(24)13(23)11(5-21)30-19/h2-4,6-8,11-15,18-19,21-25H,5H2,1H3,(H,26,27)/t7?,8-,11?,12-,13?,14?,15?,18?,19?,20-/m1/s1. The minimum atomic E-state index is -1.72. The monoisotopic (exact) mass is 456 g/mol. The third-order valence-corrected chi connectivity index (χ3v) is 6.15. The zero-order valence-corrected chi connectivity index (χ0v) is 16.8. The van der Waals surface area contributed by atoms with Gasteiger partial charge in [0, 0.05) is 5.92 Å². The fourth-order valence-electron chi connectivity index (χ4n) is 4.46. The van der Waals surface area contributed by atoms with Gasteiger partial charge < -0.3 is 49.6 Å². The number of aliphatic carboxylic acids is 1. The molecule has 1 fully saturated rings. The van der Waals surface area contributed by atoms with Crippen LogP contribution in [0.25, 0.3) is 0 Å². The first kappa shape index (κ1) is 22.9. The molecule has 0 saturated carbocycles. The Labute approximate surface area is 181 Å². The lowest BCUT2D eigenvalue weighted by Crippen LogP contribution is -2.60. The Hall–Kier alpha value is -2.32. The van der Waals surface area contributed by atoms with E-state index in [2.05, 4.69) is 0 Å². The number of hydrogen-bond acceptors (Lipinski definition) is 11. The average molecular weight is 456 g/mol. The molecule has 4 aliphatic rings. The van der Waals surface area contributed by atoms with Crippen LogP contribution in [0.1, 0.15) is 6.92 Å². The molecule has 32 heavy (non-hydrogen) atoms. The van der Waals surface area contributed by atoms with Crippen LogP contribution in [0.5, 0.6) is 0 Å². The Morgan fingerprint density at radius 3 is 2.53 bits per heavy atom. The first-order chi connectivity index (χ1) is 15.1. The molecule has 7 unspecified atom stereocenters. The Morgan fingerprint density at radius 1 is 1.22 bits per heavy atom. The number of aliphatic hydroxyl groups is 5. The van der Waals surface area contributed by atoms with Gasteiger partial charge in [-0.3, -0.25) is 0 Å². The second-order valence-corrected chi connectivity index (χ2v) is 8.15. The quantitative estimate of drug-likeness (QED) is 0.189. The highest BCUT2D eigenvalue weighted by Crippen LogP contribution is 2.50. The lowest BCUT2D eigenvalue weighted by Gasteiger charge is -2.44. The Morgan fingerprint density at radius 2 is 1.94 bits per heavy atom. The van der Waals surface area contributed by atoms with Gasteiger partial charge in [0.1, 0.15) is 24.4 Å². The Bertz CT molecular complexity index is 876. The zero-order valence-electron chi connectivity index (χ0n) is 16.8. The number of allylic oxidation sites excluding steroid dienone is 1. The smallest absolute Gasteiger partial charge is 0.337 e. The van der Waals surface area contributed by atoms with Crippen LogP contribution in [0.3, 0.4) is 0 Å². The number of esters is 1. The highest BCUT2D eigenvalue weighted by atomic mass is 16.8. The van der Waals surface area contributed by atoms with Crippen LogP contribution in [0, 0.1) is 11.8 Å². The maximum absolute atomic E-state index is 12.3. The largest absolute Gasteiger partial charge is 0.478 e. The van der Waals surface area contributed by atoms with Crippen LogP contribution >= 0.6 is 0 Å². The summed E-state index contributed by atoms with van der Waals surface area (Å²) >= 11 is 0. The summed E-state index contributed by atoms with van der Waals surface area (Å²) < 4.78 is 22.1. The van der Waals surface area contributed by atoms with E-state index in [-0.39, 0.29) is 11.1 Å². The topological polar surface area (TPSA) is 192 Å². The number of ether oxygens (including phenoxy) is 4. The molecule has 12 heteroatoms. The van der Waals surface area contributed by atoms with Crippen molar-refractivity contribution in [1.29, 1.82) is 0 Å². The van der Waals surface area contributed by atoms with Crippen LogP contribution in [0.4, 0.5) is 0 Å². The molecule has 0 bridgehead atoms. The summed E-state index contributed by atoms with van der Waals surface area (Å²) in [5.74, 6) is -3.86. The van der Waals surface area contributed by atoms with Crippen molar-refractivity contribution in [3.63, 3.8) is 0 Å². The fraction of sp³-hybridized carbons (Fsp3) is 0.600. The molecule has 0 aromatic heterocycles. The molecule has 0 radical (unpaired) electrons. The van der Waals surface area contributed by atoms with Gasteiger partial charge in [0.15, 0.2) is 11.9 Å². The van der Waals surface area contributed by atoms with Gasteiger partial charge in [-0.1, -0.05) is 6.08 Å². The summed E-state index contributed by atoms with van der Waals surface area (Å²) in [4.78, 5) is 24.0. The van der Waals surface area contributed by atoms with E-state index in [9.17, 15) is 40.2 Å². The van der Waals surface area contributed by atoms with Gasteiger partial charge in [0.25, 0.3) is 0 Å². The van der Waals surface area contributed by atoms with Crippen LogP contribution in [-0.2, 0) is 28.5 Å². The second-order valence-electron chi connectivity index (χ2n) is 8.15. The van der Waals surface area contributed by atoms with Crippen molar-refractivity contribution < 1.29 is 59.2 Å². The van der Waals surface area contributed by atoms with E-state index in [1.54, 1.807) is 0 Å². The Balaban J connectivity index is 1.67. The van der Waals surface area contributed by atoms with Gasteiger partial charge in [-0.05, 0) is 19.1 Å². The highest BCUT2D eigenvalue weighted by molar-refractivity contribution is 5.93. The summed E-state index contributed by atoms with van der Waals surface area (Å²) in [6.07, 6.45) is -4.95. The van der Waals surface area contributed by atoms with Crippen molar-refractivity contribution >= 4 is 11.9 Å². The molecule has 0 aromatic carbocycles. The van der Waals surface area contributed by atoms with Crippen LogP contribution in [-0.4, -0.2) is 97.9 Å². The van der Waals surface area contributed by atoms with Crippen LogP contribution in [0.15, 0.2) is 35.6 Å². The average Bonchev–Trinajstić information content (AvgIpc) is 3.28. The predicted octanol–water partition coefficient (Wildman–Crippen LogP) is -2.47. The lowest BCUT2D eigenvalue weighted by molar-refractivity contribution is -0.344. The molecule has 12 nitrogen and oxygen atoms in total. The van der Waals surface area contributed by atoms with Gasteiger partial charge in [-0.15, -0.1) is 0 Å². The van der Waals surface area contributed by atoms with Crippen molar-refractivity contribution in [3.8, 4) is 0 Å². The summed E-state index contributed by atoms with van der Waals surface area (Å²) in [6.45, 7) is 0.708. The molecule has 3 heterocycles. The fourth-order valence-corrected chi connectivity index (χ4v) is 4.46. The Kier molecular flexibility index (Phi) is 5.88. The van der Waals surface area contributed by atoms with E-state index in [1.807, 2.05) is 0 Å². The van der Waals surface area contributed by atoms with Gasteiger partial charge in [-0.25, -0.2) is 9.59 Å². The number of hydrogen-bond donors (Lipinski definition) is 6. The third kappa shape index (κ3) is 3.53. The summed E-state index contributed by atoms with van der Waals surface area (Å²) in [5.41, 5.74) is -1.65. The van der Waals surface area contributed by atoms with E-state index in [0.29, 0.717) is 0 Å². The molecule has 6 N–H and O–H groups in total. The van der Waals surface area contributed by atoms with E-state index in [4.69, 9.17) is 18.9 Å². The number of carbonyl (C=O) groups excluding carboxylic acids is 1. The van der Waals surface area contributed by atoms with Crippen LogP contribution in [0.2, 0.25) is 0 Å². The third-order valence-electron chi connectivity index (χ3n) is 6.15. The summed E-state index contributed by atoms with van der Waals surface area (Å²) in [5, 5.41) is 59.1. The van der Waals surface area contributed by atoms with Gasteiger partial charge in [0.2, 0.25) is 6.29 Å². The molecule has 4 rings (SSSR count). The SMILES string of the molecule is CC(O)C1=C[C@@]2(C=C[C@@H]3C(C(=O)O)=COC(OC4OC(CO)C(O)C(O)C4O)[C@@H]32)OC1=O. The predicted molar refractivity (Wildman–Crippen MR) is 100 cm³/mol. The molecule has 1 aliphatic carbocycles. The number of aliphatic hydroxyl groups excluding tert-OH is 5. The van der Waals surface area contributed by atoms with Gasteiger partial charge in [0.05, 0.1) is 36.0 Å². The van der Waals surface area contributed by atoms with E-state index < -0.39 is 79.1 Å². The minimum Gasteiger partial charge on any atom is -0.478 e. The lowest BCUT2D eigenvalue weighted by atomic mass is 9.78. The minimum absolute atomic E-state index is 0.0201. The first-order valence-electron chi connectivity index (χ1n) is 9.98.